The van der Waals surface area contributed by atoms with Crippen LogP contribution in [0.2, 0.25) is 0 Å². The van der Waals surface area contributed by atoms with Gasteiger partial charge in [0.2, 0.25) is 0 Å². The SMILES string of the molecule is O=C1NC(=O)N(c2ccc(Br)cc2)C(=O)C1=Cc1ccc(I)o1. The first-order valence-corrected chi connectivity index (χ1v) is 8.25. The van der Waals surface area contributed by atoms with Crippen LogP contribution in [0, 0.1) is 3.77 Å². The predicted octanol–water partition coefficient (Wildman–Crippen LogP) is 3.31. The lowest BCUT2D eigenvalue weighted by Crippen LogP contribution is -2.54. The smallest absolute Gasteiger partial charge is 0.335 e. The van der Waals surface area contributed by atoms with Gasteiger partial charge in [0, 0.05) is 4.47 Å². The van der Waals surface area contributed by atoms with Gasteiger partial charge in [0.15, 0.2) is 3.77 Å². The zero-order valence-corrected chi connectivity index (χ0v) is 15.1. The minimum Gasteiger partial charge on any atom is -0.451 e. The van der Waals surface area contributed by atoms with Crippen molar-refractivity contribution < 1.29 is 18.8 Å². The normalized spacial score (nSPS) is 16.9. The lowest BCUT2D eigenvalue weighted by atomic mass is 10.1. The van der Waals surface area contributed by atoms with Crippen LogP contribution in [0.1, 0.15) is 5.76 Å². The highest BCUT2D eigenvalue weighted by molar-refractivity contribution is 14.1. The molecule has 6 nitrogen and oxygen atoms in total. The van der Waals surface area contributed by atoms with Crippen molar-refractivity contribution in [3.05, 3.63) is 56.0 Å². The number of hydrogen-bond acceptors (Lipinski definition) is 4. The fourth-order valence-electron chi connectivity index (χ4n) is 2.03. The van der Waals surface area contributed by atoms with E-state index in [1.165, 1.54) is 6.08 Å². The number of amides is 4. The van der Waals surface area contributed by atoms with Gasteiger partial charge in [-0.25, -0.2) is 9.69 Å². The number of rotatable bonds is 2. The molecule has 3 rings (SSSR count). The monoisotopic (exact) mass is 486 g/mol. The molecule has 1 saturated heterocycles. The van der Waals surface area contributed by atoms with Crippen molar-refractivity contribution in [1.82, 2.24) is 5.32 Å². The van der Waals surface area contributed by atoms with Gasteiger partial charge in [0.25, 0.3) is 11.8 Å². The maximum atomic E-state index is 12.6. The number of halogens is 2. The minimum absolute atomic E-state index is 0.168. The van der Waals surface area contributed by atoms with E-state index in [4.69, 9.17) is 4.42 Å². The first kappa shape index (κ1) is 15.9. The van der Waals surface area contributed by atoms with Crippen molar-refractivity contribution >= 4 is 68.1 Å². The van der Waals surface area contributed by atoms with Crippen molar-refractivity contribution in [2.75, 3.05) is 4.90 Å². The van der Waals surface area contributed by atoms with E-state index in [1.807, 2.05) is 22.6 Å². The molecule has 1 aliphatic rings. The molecule has 0 atom stereocenters. The first-order chi connectivity index (χ1) is 11.0. The number of benzene rings is 1. The molecule has 1 aliphatic heterocycles. The zero-order chi connectivity index (χ0) is 16.6. The highest BCUT2D eigenvalue weighted by atomic mass is 127. The minimum atomic E-state index is -0.784. The van der Waals surface area contributed by atoms with Crippen molar-refractivity contribution in [3.63, 3.8) is 0 Å². The number of hydrogen-bond donors (Lipinski definition) is 1. The summed E-state index contributed by atoms with van der Waals surface area (Å²) in [5, 5.41) is 2.15. The summed E-state index contributed by atoms with van der Waals surface area (Å²) in [4.78, 5) is 37.4. The number of barbiturate groups is 1. The van der Waals surface area contributed by atoms with Crippen LogP contribution in [0.15, 0.2) is 50.9 Å². The summed E-state index contributed by atoms with van der Waals surface area (Å²) in [7, 11) is 0. The molecule has 8 heteroatoms. The van der Waals surface area contributed by atoms with Gasteiger partial charge in [0.1, 0.15) is 11.3 Å². The van der Waals surface area contributed by atoms with Crippen molar-refractivity contribution in [2.45, 2.75) is 0 Å². The Balaban J connectivity index is 2.00. The lowest BCUT2D eigenvalue weighted by Gasteiger charge is -2.26. The molecule has 0 unspecified atom stereocenters. The quantitative estimate of drug-likeness (QED) is 0.401. The maximum Gasteiger partial charge on any atom is 0.335 e. The zero-order valence-electron chi connectivity index (χ0n) is 11.4. The number of nitrogens with one attached hydrogen (secondary N) is 1. The number of furan rings is 1. The molecule has 116 valence electrons. The van der Waals surface area contributed by atoms with E-state index in [0.717, 1.165) is 9.37 Å². The van der Waals surface area contributed by atoms with Crippen molar-refractivity contribution in [1.29, 1.82) is 0 Å². The molecule has 0 radical (unpaired) electrons. The molecule has 23 heavy (non-hydrogen) atoms. The van der Waals surface area contributed by atoms with Gasteiger partial charge in [-0.05, 0) is 65.1 Å². The highest BCUT2D eigenvalue weighted by Gasteiger charge is 2.36. The van der Waals surface area contributed by atoms with E-state index < -0.39 is 17.8 Å². The molecule has 0 bridgehead atoms. The Kier molecular flexibility index (Phi) is 4.35. The van der Waals surface area contributed by atoms with Gasteiger partial charge in [-0.1, -0.05) is 15.9 Å². The average Bonchev–Trinajstić information content (AvgIpc) is 2.91. The Bertz CT molecular complexity index is 841. The van der Waals surface area contributed by atoms with Crippen LogP contribution in [0.25, 0.3) is 6.08 Å². The lowest BCUT2D eigenvalue weighted by molar-refractivity contribution is -0.122. The Hall–Kier alpha value is -1.94. The molecular weight excluding hydrogens is 479 g/mol. The molecule has 4 amide bonds. The molecule has 1 N–H and O–H groups in total. The summed E-state index contributed by atoms with van der Waals surface area (Å²) in [5.41, 5.74) is 0.196. The standard InChI is InChI=1S/C15H8BrIN2O4/c16-8-1-3-9(4-2-8)19-14(21)11(13(20)18-15(19)22)7-10-5-6-12(17)23-10/h1-7H,(H,18,20,22). The maximum absolute atomic E-state index is 12.6. The predicted molar refractivity (Wildman–Crippen MR) is 94.6 cm³/mol. The van der Waals surface area contributed by atoms with Crippen molar-refractivity contribution in [3.8, 4) is 0 Å². The Labute approximate surface area is 152 Å². The van der Waals surface area contributed by atoms with Crippen LogP contribution in [-0.4, -0.2) is 17.8 Å². The second kappa shape index (κ2) is 6.28. The molecule has 0 aliphatic carbocycles. The van der Waals surface area contributed by atoms with Gasteiger partial charge in [-0.2, -0.15) is 0 Å². The number of nitrogens with zero attached hydrogens (tertiary/aromatic N) is 1. The van der Waals surface area contributed by atoms with E-state index in [-0.39, 0.29) is 5.57 Å². The topological polar surface area (TPSA) is 79.6 Å². The average molecular weight is 487 g/mol. The van der Waals surface area contributed by atoms with Gasteiger partial charge < -0.3 is 4.42 Å². The molecule has 1 aromatic carbocycles. The number of imide groups is 2. The van der Waals surface area contributed by atoms with Crippen molar-refractivity contribution in [2.24, 2.45) is 0 Å². The third-order valence-electron chi connectivity index (χ3n) is 3.07. The van der Waals surface area contributed by atoms with Gasteiger partial charge >= 0.3 is 6.03 Å². The fourth-order valence-corrected chi connectivity index (χ4v) is 2.73. The van der Waals surface area contributed by atoms with E-state index in [2.05, 4.69) is 21.2 Å². The number of anilines is 1. The van der Waals surface area contributed by atoms with Crippen LogP contribution in [0.3, 0.4) is 0 Å². The van der Waals surface area contributed by atoms with E-state index >= 15 is 0 Å². The Morgan fingerprint density at radius 2 is 1.78 bits per heavy atom. The largest absolute Gasteiger partial charge is 0.451 e. The molecule has 1 aromatic heterocycles. The molecular formula is C15H8BrIN2O4. The third kappa shape index (κ3) is 3.22. The van der Waals surface area contributed by atoms with E-state index in [9.17, 15) is 14.4 Å². The van der Waals surface area contributed by atoms with Gasteiger partial charge in [-0.15, -0.1) is 0 Å². The van der Waals surface area contributed by atoms with Crippen LogP contribution in [-0.2, 0) is 9.59 Å². The summed E-state index contributed by atoms with van der Waals surface area (Å²) < 4.78 is 6.77. The molecule has 1 fully saturated rings. The second-order valence-electron chi connectivity index (χ2n) is 4.58. The first-order valence-electron chi connectivity index (χ1n) is 6.38. The van der Waals surface area contributed by atoms with E-state index in [1.54, 1.807) is 36.4 Å². The number of urea groups is 1. The van der Waals surface area contributed by atoms with Crippen LogP contribution >= 0.6 is 38.5 Å². The summed E-state index contributed by atoms with van der Waals surface area (Å²) in [5.74, 6) is -1.09. The van der Waals surface area contributed by atoms with Crippen LogP contribution in [0.4, 0.5) is 10.5 Å². The Morgan fingerprint density at radius 3 is 2.39 bits per heavy atom. The van der Waals surface area contributed by atoms with Gasteiger partial charge in [-0.3, -0.25) is 14.9 Å². The molecule has 2 aromatic rings. The summed E-state index contributed by atoms with van der Waals surface area (Å²) in [6, 6.07) is 9.16. The van der Waals surface area contributed by atoms with E-state index in [0.29, 0.717) is 15.2 Å². The number of carbonyl (C=O) groups is 3. The molecule has 0 saturated carbocycles. The second-order valence-corrected chi connectivity index (χ2v) is 6.56. The van der Waals surface area contributed by atoms with Crippen LogP contribution < -0.4 is 10.2 Å². The highest BCUT2D eigenvalue weighted by Crippen LogP contribution is 2.24. The summed E-state index contributed by atoms with van der Waals surface area (Å²) >= 11 is 5.26. The molecule has 2 heterocycles. The van der Waals surface area contributed by atoms with Crippen LogP contribution in [0.5, 0.6) is 0 Å². The third-order valence-corrected chi connectivity index (χ3v) is 4.18. The fraction of sp³-hybridized carbons (Fsp3) is 0. The van der Waals surface area contributed by atoms with Gasteiger partial charge in [0.05, 0.1) is 5.69 Å². The Morgan fingerprint density at radius 1 is 1.09 bits per heavy atom. The summed E-state index contributed by atoms with van der Waals surface area (Å²) in [6.45, 7) is 0. The number of carbonyl (C=O) groups excluding carboxylic acids is 3. The summed E-state index contributed by atoms with van der Waals surface area (Å²) in [6.07, 6.45) is 1.32. The molecule has 0 spiro atoms.